The van der Waals surface area contributed by atoms with Crippen molar-refractivity contribution >= 4 is 5.91 Å². The van der Waals surface area contributed by atoms with Crippen molar-refractivity contribution in [3.8, 4) is 0 Å². The molecule has 132 valence electrons. The number of carbonyl (C=O) groups is 1. The van der Waals surface area contributed by atoms with E-state index in [-0.39, 0.29) is 11.9 Å². The molecule has 1 aromatic heterocycles. The van der Waals surface area contributed by atoms with Crippen LogP contribution < -0.4 is 0 Å². The fourth-order valence-electron chi connectivity index (χ4n) is 4.46. The zero-order valence-corrected chi connectivity index (χ0v) is 15.0. The summed E-state index contributed by atoms with van der Waals surface area (Å²) in [6, 6.07) is 14.8. The summed E-state index contributed by atoms with van der Waals surface area (Å²) in [6.07, 6.45) is 6.63. The van der Waals surface area contributed by atoms with Gasteiger partial charge in [-0.2, -0.15) is 0 Å². The summed E-state index contributed by atoms with van der Waals surface area (Å²) in [6.45, 7) is 2.80. The first-order valence-corrected chi connectivity index (χ1v) is 9.46. The summed E-state index contributed by atoms with van der Waals surface area (Å²) in [5.41, 5.74) is 2.44. The molecule has 4 nitrogen and oxygen atoms in total. The predicted octanol–water partition coefficient (Wildman–Crippen LogP) is 3.53. The molecule has 0 unspecified atom stereocenters. The first kappa shape index (κ1) is 16.4. The van der Waals surface area contributed by atoms with Crippen molar-refractivity contribution in [2.24, 2.45) is 7.05 Å². The Hall–Kier alpha value is -2.07. The quantitative estimate of drug-likeness (QED) is 0.854. The maximum atomic E-state index is 13.4. The molecule has 2 aliphatic rings. The van der Waals surface area contributed by atoms with Crippen LogP contribution in [0.3, 0.4) is 0 Å². The van der Waals surface area contributed by atoms with Gasteiger partial charge in [-0.25, -0.2) is 0 Å². The Morgan fingerprint density at radius 2 is 1.76 bits per heavy atom. The summed E-state index contributed by atoms with van der Waals surface area (Å²) in [5, 5.41) is 0. The van der Waals surface area contributed by atoms with E-state index in [1.165, 1.54) is 5.69 Å². The lowest BCUT2D eigenvalue weighted by Crippen LogP contribution is -2.42. The molecule has 4 rings (SSSR count). The second kappa shape index (κ2) is 7.04. The van der Waals surface area contributed by atoms with Crippen molar-refractivity contribution in [3.05, 3.63) is 59.9 Å². The summed E-state index contributed by atoms with van der Waals surface area (Å²) < 4.78 is 2.20. The highest BCUT2D eigenvalue weighted by atomic mass is 16.2. The number of carbonyl (C=O) groups excluding carboxylic acids is 1. The van der Waals surface area contributed by atoms with Gasteiger partial charge in [0.05, 0.1) is 6.04 Å². The number of aromatic nitrogens is 1. The van der Waals surface area contributed by atoms with Gasteiger partial charge in [-0.05, 0) is 49.9 Å². The van der Waals surface area contributed by atoms with E-state index in [2.05, 4.69) is 51.9 Å². The van der Waals surface area contributed by atoms with E-state index in [1.54, 1.807) is 0 Å². The lowest BCUT2D eigenvalue weighted by molar-refractivity contribution is -0.136. The Balaban J connectivity index is 1.69. The topological polar surface area (TPSA) is 28.5 Å². The van der Waals surface area contributed by atoms with Gasteiger partial charge in [0.25, 0.3) is 0 Å². The maximum Gasteiger partial charge on any atom is 0.244 e. The van der Waals surface area contributed by atoms with Gasteiger partial charge in [0, 0.05) is 32.0 Å². The number of aryl methyl sites for hydroxylation is 1. The molecule has 1 aromatic carbocycles. The molecule has 4 heteroatoms. The molecule has 0 saturated carbocycles. The van der Waals surface area contributed by atoms with E-state index in [4.69, 9.17) is 0 Å². The van der Waals surface area contributed by atoms with Crippen LogP contribution >= 0.6 is 0 Å². The van der Waals surface area contributed by atoms with Gasteiger partial charge < -0.3 is 9.47 Å². The van der Waals surface area contributed by atoms with Crippen LogP contribution in [0.5, 0.6) is 0 Å². The van der Waals surface area contributed by atoms with Gasteiger partial charge in [0.2, 0.25) is 5.91 Å². The molecule has 3 heterocycles. The zero-order chi connectivity index (χ0) is 17.2. The van der Waals surface area contributed by atoms with E-state index >= 15 is 0 Å². The smallest absolute Gasteiger partial charge is 0.244 e. The maximum absolute atomic E-state index is 13.4. The highest BCUT2D eigenvalue weighted by molar-refractivity contribution is 5.83. The van der Waals surface area contributed by atoms with Crippen LogP contribution in [0, 0.1) is 0 Å². The Kier molecular flexibility index (Phi) is 4.62. The number of rotatable bonds is 4. The van der Waals surface area contributed by atoms with Crippen molar-refractivity contribution in [3.63, 3.8) is 0 Å². The number of nitrogens with zero attached hydrogens (tertiary/aromatic N) is 3. The van der Waals surface area contributed by atoms with E-state index in [0.29, 0.717) is 6.04 Å². The third kappa shape index (κ3) is 3.11. The van der Waals surface area contributed by atoms with E-state index in [1.807, 2.05) is 18.2 Å². The molecular weight excluding hydrogens is 310 g/mol. The molecule has 2 fully saturated rings. The third-order valence-corrected chi connectivity index (χ3v) is 5.72. The first-order valence-electron chi connectivity index (χ1n) is 9.46. The van der Waals surface area contributed by atoms with E-state index in [9.17, 15) is 4.79 Å². The lowest BCUT2D eigenvalue weighted by atomic mass is 10.0. The third-order valence-electron chi connectivity index (χ3n) is 5.72. The van der Waals surface area contributed by atoms with E-state index in [0.717, 1.165) is 50.9 Å². The highest BCUT2D eigenvalue weighted by Crippen LogP contribution is 2.39. The first-order chi connectivity index (χ1) is 12.3. The van der Waals surface area contributed by atoms with Gasteiger partial charge in [-0.15, -0.1) is 0 Å². The van der Waals surface area contributed by atoms with E-state index < -0.39 is 0 Å². The average molecular weight is 337 g/mol. The molecule has 2 saturated heterocycles. The monoisotopic (exact) mass is 337 g/mol. The van der Waals surface area contributed by atoms with Crippen LogP contribution in [-0.2, 0) is 11.8 Å². The van der Waals surface area contributed by atoms with Crippen LogP contribution in [-0.4, -0.2) is 39.9 Å². The molecule has 2 aromatic rings. The fraction of sp³-hybridized carbons (Fsp3) is 0.476. The summed E-state index contributed by atoms with van der Waals surface area (Å²) in [5.74, 6) is 0.282. The summed E-state index contributed by atoms with van der Waals surface area (Å²) in [4.78, 5) is 17.9. The predicted molar refractivity (Wildman–Crippen MR) is 99.1 cm³/mol. The molecule has 0 spiro atoms. The Morgan fingerprint density at radius 3 is 2.44 bits per heavy atom. The number of likely N-dealkylation sites (tertiary alicyclic amines) is 2. The molecular formula is C21H27N3O. The van der Waals surface area contributed by atoms with Crippen LogP contribution in [0.2, 0.25) is 0 Å². The summed E-state index contributed by atoms with van der Waals surface area (Å²) >= 11 is 0. The van der Waals surface area contributed by atoms with Gasteiger partial charge in [0.1, 0.15) is 6.04 Å². The molecule has 2 aliphatic heterocycles. The fourth-order valence-corrected chi connectivity index (χ4v) is 4.46. The molecule has 0 N–H and O–H groups in total. The van der Waals surface area contributed by atoms with Crippen LogP contribution in [0.4, 0.5) is 0 Å². The Bertz CT molecular complexity index is 718. The molecule has 1 amide bonds. The Morgan fingerprint density at radius 1 is 1.00 bits per heavy atom. The second-order valence-electron chi connectivity index (χ2n) is 7.29. The molecule has 0 radical (unpaired) electrons. The SMILES string of the molecule is Cn1cccc1[C@H]1CCCN1[C@@H](C(=O)N1CCCC1)c1ccccc1. The second-order valence-corrected chi connectivity index (χ2v) is 7.29. The summed E-state index contributed by atoms with van der Waals surface area (Å²) in [7, 11) is 2.10. The molecule has 0 bridgehead atoms. The van der Waals surface area contributed by atoms with Crippen molar-refractivity contribution in [1.29, 1.82) is 0 Å². The normalized spacial score (nSPS) is 22.4. The zero-order valence-electron chi connectivity index (χ0n) is 15.0. The van der Waals surface area contributed by atoms with Gasteiger partial charge in [-0.3, -0.25) is 9.69 Å². The van der Waals surface area contributed by atoms with Crippen molar-refractivity contribution in [2.45, 2.75) is 37.8 Å². The number of hydrogen-bond donors (Lipinski definition) is 0. The van der Waals surface area contributed by atoms with Gasteiger partial charge in [0.15, 0.2) is 0 Å². The minimum atomic E-state index is -0.165. The van der Waals surface area contributed by atoms with Gasteiger partial charge in [-0.1, -0.05) is 30.3 Å². The minimum Gasteiger partial charge on any atom is -0.353 e. The number of amides is 1. The van der Waals surface area contributed by atoms with Crippen molar-refractivity contribution < 1.29 is 4.79 Å². The van der Waals surface area contributed by atoms with Crippen molar-refractivity contribution in [1.82, 2.24) is 14.4 Å². The van der Waals surface area contributed by atoms with Crippen LogP contribution in [0.25, 0.3) is 0 Å². The van der Waals surface area contributed by atoms with Crippen LogP contribution in [0.1, 0.15) is 49.0 Å². The largest absolute Gasteiger partial charge is 0.353 e. The van der Waals surface area contributed by atoms with Crippen LogP contribution in [0.15, 0.2) is 48.7 Å². The Labute approximate surface area is 150 Å². The lowest BCUT2D eigenvalue weighted by Gasteiger charge is -2.35. The standard InChI is InChI=1S/C21H27N3O/c1-22-13-7-11-18(22)19-12-8-16-24(19)20(17-9-3-2-4-10-17)21(25)23-14-5-6-15-23/h2-4,7,9-11,13,19-20H,5-6,8,12,14-16H2,1H3/t19-,20-/m1/s1. The molecule has 25 heavy (non-hydrogen) atoms. The average Bonchev–Trinajstić information content (AvgIpc) is 3.37. The minimum absolute atomic E-state index is 0.165. The van der Waals surface area contributed by atoms with Gasteiger partial charge >= 0.3 is 0 Å². The molecule has 0 aliphatic carbocycles. The highest BCUT2D eigenvalue weighted by Gasteiger charge is 2.39. The van der Waals surface area contributed by atoms with Crippen molar-refractivity contribution in [2.75, 3.05) is 19.6 Å². The number of benzene rings is 1. The number of hydrogen-bond acceptors (Lipinski definition) is 2. The molecule has 2 atom stereocenters.